The highest BCUT2D eigenvalue weighted by Gasteiger charge is 2.39. The molecular weight excluding hydrogens is 244 g/mol. The van der Waals surface area contributed by atoms with Gasteiger partial charge < -0.3 is 10.4 Å². The number of aromatic carboxylic acids is 1. The molecule has 0 aromatic carbocycles. The van der Waals surface area contributed by atoms with Crippen LogP contribution in [0.1, 0.15) is 43.5 Å². The van der Waals surface area contributed by atoms with Gasteiger partial charge in [0.05, 0.1) is 5.56 Å². The van der Waals surface area contributed by atoms with E-state index in [0.29, 0.717) is 5.82 Å². The van der Waals surface area contributed by atoms with Gasteiger partial charge in [-0.25, -0.2) is 9.78 Å². The minimum Gasteiger partial charge on any atom is -0.478 e. The first kappa shape index (κ1) is 13.5. The molecule has 5 nitrogen and oxygen atoms in total. The Labute approximate surface area is 112 Å². The molecule has 2 N–H and O–H groups in total. The highest BCUT2D eigenvalue weighted by molar-refractivity contribution is 5.93. The van der Waals surface area contributed by atoms with Gasteiger partial charge in [0.2, 0.25) is 5.91 Å². The molecule has 1 fully saturated rings. The summed E-state index contributed by atoms with van der Waals surface area (Å²) in [5, 5.41) is 11.5. The van der Waals surface area contributed by atoms with Gasteiger partial charge in [-0.2, -0.15) is 0 Å². The summed E-state index contributed by atoms with van der Waals surface area (Å²) >= 11 is 0. The van der Waals surface area contributed by atoms with Crippen molar-refractivity contribution in [3.63, 3.8) is 0 Å². The smallest absolute Gasteiger partial charge is 0.337 e. The number of hydrogen-bond donors (Lipinski definition) is 2. The molecule has 1 saturated carbocycles. The fraction of sp³-hybridized carbons (Fsp3) is 0.500. The molecule has 19 heavy (non-hydrogen) atoms. The maximum Gasteiger partial charge on any atom is 0.337 e. The Bertz CT molecular complexity index is 494. The van der Waals surface area contributed by atoms with Gasteiger partial charge in [0.15, 0.2) is 0 Å². The Kier molecular flexibility index (Phi) is 3.55. The van der Waals surface area contributed by atoms with E-state index in [1.807, 2.05) is 0 Å². The number of nitrogens with one attached hydrogen (secondary N) is 1. The van der Waals surface area contributed by atoms with Crippen molar-refractivity contribution in [2.75, 3.05) is 5.32 Å². The topological polar surface area (TPSA) is 79.3 Å². The molecule has 1 aliphatic rings. The predicted molar refractivity (Wildman–Crippen MR) is 70.9 cm³/mol. The molecule has 0 bridgehead atoms. The molecule has 5 heteroatoms. The highest BCUT2D eigenvalue weighted by atomic mass is 16.4. The standard InChI is InChI=1S/C14H18N2O3/c1-14(2)7-3-4-10(14)12(17)16-11-6-5-9(8-15-11)13(18)19/h5-6,8,10H,3-4,7H2,1-2H3,(H,18,19)(H,15,16,17). The third-order valence-electron chi connectivity index (χ3n) is 3.84. The van der Waals surface area contributed by atoms with Gasteiger partial charge in [-0.1, -0.05) is 20.3 Å². The molecule has 1 unspecified atom stereocenters. The number of carboxylic acids is 1. The van der Waals surface area contributed by atoms with Crippen LogP contribution in [-0.4, -0.2) is 22.0 Å². The number of carbonyl (C=O) groups is 2. The van der Waals surface area contributed by atoms with Crippen molar-refractivity contribution < 1.29 is 14.7 Å². The van der Waals surface area contributed by atoms with Gasteiger partial charge in [0.25, 0.3) is 0 Å². The largest absolute Gasteiger partial charge is 0.478 e. The Morgan fingerprint density at radius 2 is 2.16 bits per heavy atom. The van der Waals surface area contributed by atoms with Crippen LogP contribution in [-0.2, 0) is 4.79 Å². The Hall–Kier alpha value is -1.91. The molecule has 1 amide bonds. The minimum absolute atomic E-state index is 0.00606. The number of pyridine rings is 1. The van der Waals surface area contributed by atoms with Crippen LogP contribution in [0.3, 0.4) is 0 Å². The lowest BCUT2D eigenvalue weighted by atomic mass is 9.81. The van der Waals surface area contributed by atoms with E-state index in [1.165, 1.54) is 18.3 Å². The first-order valence-electron chi connectivity index (χ1n) is 6.40. The van der Waals surface area contributed by atoms with Crippen LogP contribution >= 0.6 is 0 Å². The van der Waals surface area contributed by atoms with E-state index < -0.39 is 5.97 Å². The second kappa shape index (κ2) is 4.99. The van der Waals surface area contributed by atoms with Gasteiger partial charge in [-0.3, -0.25) is 4.79 Å². The summed E-state index contributed by atoms with van der Waals surface area (Å²) in [6, 6.07) is 2.95. The van der Waals surface area contributed by atoms with E-state index in [-0.39, 0.29) is 22.8 Å². The molecule has 0 aliphatic heterocycles. The van der Waals surface area contributed by atoms with Crippen LogP contribution in [0.2, 0.25) is 0 Å². The average molecular weight is 262 g/mol. The molecule has 1 aromatic rings. The third-order valence-corrected chi connectivity index (χ3v) is 3.84. The Morgan fingerprint density at radius 1 is 1.42 bits per heavy atom. The Morgan fingerprint density at radius 3 is 2.63 bits per heavy atom. The van der Waals surface area contributed by atoms with Crippen LogP contribution in [0.4, 0.5) is 5.82 Å². The van der Waals surface area contributed by atoms with E-state index in [9.17, 15) is 9.59 Å². The monoisotopic (exact) mass is 262 g/mol. The predicted octanol–water partition coefficient (Wildman–Crippen LogP) is 2.54. The zero-order valence-corrected chi connectivity index (χ0v) is 11.1. The summed E-state index contributed by atoms with van der Waals surface area (Å²) in [7, 11) is 0. The highest BCUT2D eigenvalue weighted by Crippen LogP contribution is 2.42. The number of anilines is 1. The summed E-state index contributed by atoms with van der Waals surface area (Å²) in [6.07, 6.45) is 4.26. The van der Waals surface area contributed by atoms with Gasteiger partial charge >= 0.3 is 5.97 Å². The van der Waals surface area contributed by atoms with Crippen molar-refractivity contribution in [1.29, 1.82) is 0 Å². The Balaban J connectivity index is 2.05. The molecule has 1 aromatic heterocycles. The van der Waals surface area contributed by atoms with Gasteiger partial charge in [-0.05, 0) is 30.4 Å². The van der Waals surface area contributed by atoms with Gasteiger partial charge in [0.1, 0.15) is 5.82 Å². The number of nitrogens with zero attached hydrogens (tertiary/aromatic N) is 1. The maximum atomic E-state index is 12.2. The van der Waals surface area contributed by atoms with Crippen LogP contribution in [0.25, 0.3) is 0 Å². The van der Waals surface area contributed by atoms with Crippen LogP contribution in [0.5, 0.6) is 0 Å². The van der Waals surface area contributed by atoms with Crippen molar-refractivity contribution in [1.82, 2.24) is 4.98 Å². The molecule has 0 spiro atoms. The van der Waals surface area contributed by atoms with Crippen molar-refractivity contribution in [2.24, 2.45) is 11.3 Å². The number of hydrogen-bond acceptors (Lipinski definition) is 3. The second-order valence-electron chi connectivity index (χ2n) is 5.66. The average Bonchev–Trinajstić information content (AvgIpc) is 2.69. The number of amides is 1. The molecular formula is C14H18N2O3. The summed E-state index contributed by atoms with van der Waals surface area (Å²) in [6.45, 7) is 4.20. The van der Waals surface area contributed by atoms with E-state index in [1.54, 1.807) is 0 Å². The summed E-state index contributed by atoms with van der Waals surface area (Å²) in [4.78, 5) is 26.8. The molecule has 1 heterocycles. The zero-order valence-electron chi connectivity index (χ0n) is 11.1. The second-order valence-corrected chi connectivity index (χ2v) is 5.66. The lowest BCUT2D eigenvalue weighted by Gasteiger charge is -2.25. The molecule has 102 valence electrons. The zero-order chi connectivity index (χ0) is 14.0. The van der Waals surface area contributed by atoms with Crippen LogP contribution in [0.15, 0.2) is 18.3 Å². The minimum atomic E-state index is -1.03. The van der Waals surface area contributed by atoms with Gasteiger partial charge in [0, 0.05) is 12.1 Å². The lowest BCUT2D eigenvalue weighted by Crippen LogP contribution is -2.31. The van der Waals surface area contributed by atoms with E-state index >= 15 is 0 Å². The van der Waals surface area contributed by atoms with Crippen molar-refractivity contribution >= 4 is 17.7 Å². The summed E-state index contributed by atoms with van der Waals surface area (Å²) in [5.74, 6) is -0.661. The van der Waals surface area contributed by atoms with Crippen LogP contribution in [0, 0.1) is 11.3 Å². The van der Waals surface area contributed by atoms with Crippen molar-refractivity contribution in [3.8, 4) is 0 Å². The van der Waals surface area contributed by atoms with E-state index in [0.717, 1.165) is 19.3 Å². The van der Waals surface area contributed by atoms with Gasteiger partial charge in [-0.15, -0.1) is 0 Å². The number of aromatic nitrogens is 1. The SMILES string of the molecule is CC1(C)CCCC1C(=O)Nc1ccc(C(=O)O)cn1. The fourth-order valence-corrected chi connectivity index (χ4v) is 2.62. The first-order valence-corrected chi connectivity index (χ1v) is 6.40. The van der Waals surface area contributed by atoms with Crippen molar-refractivity contribution in [3.05, 3.63) is 23.9 Å². The molecule has 2 rings (SSSR count). The number of carboxylic acid groups (broad SMARTS) is 1. The summed E-state index contributed by atoms with van der Waals surface area (Å²) < 4.78 is 0. The molecule has 1 aliphatic carbocycles. The molecule has 0 radical (unpaired) electrons. The third kappa shape index (κ3) is 2.92. The van der Waals surface area contributed by atoms with Crippen LogP contribution < -0.4 is 5.32 Å². The molecule has 0 saturated heterocycles. The van der Waals surface area contributed by atoms with Crippen molar-refractivity contribution in [2.45, 2.75) is 33.1 Å². The summed E-state index contributed by atoms with van der Waals surface area (Å²) in [5.41, 5.74) is 0.129. The van der Waals surface area contributed by atoms with E-state index in [4.69, 9.17) is 5.11 Å². The quantitative estimate of drug-likeness (QED) is 0.877. The normalized spacial score (nSPS) is 21.1. The maximum absolute atomic E-state index is 12.2. The number of rotatable bonds is 3. The first-order chi connectivity index (χ1) is 8.90. The molecule has 1 atom stereocenters. The number of carbonyl (C=O) groups excluding carboxylic acids is 1. The lowest BCUT2D eigenvalue weighted by molar-refractivity contribution is -0.122. The fourth-order valence-electron chi connectivity index (χ4n) is 2.62. The van der Waals surface area contributed by atoms with E-state index in [2.05, 4.69) is 24.1 Å².